The van der Waals surface area contributed by atoms with Crippen LogP contribution in [0.25, 0.3) is 44.5 Å². The first-order valence-corrected chi connectivity index (χ1v) is 13.4. The Morgan fingerprint density at radius 1 is 0.525 bits per heavy atom. The number of pyridine rings is 1. The van der Waals surface area contributed by atoms with Crippen LogP contribution in [0.5, 0.6) is 0 Å². The third kappa shape index (κ3) is 5.47. The van der Waals surface area contributed by atoms with Gasteiger partial charge in [-0.3, -0.25) is 5.41 Å². The van der Waals surface area contributed by atoms with E-state index >= 15 is 0 Å². The number of aromatic nitrogens is 1. The Labute approximate surface area is 235 Å². The van der Waals surface area contributed by atoms with Crippen LogP contribution in [0, 0.1) is 5.41 Å². The third-order valence-electron chi connectivity index (χ3n) is 7.10. The predicted molar refractivity (Wildman–Crippen MR) is 170 cm³/mol. The van der Waals surface area contributed by atoms with Crippen LogP contribution in [0.15, 0.2) is 151 Å². The van der Waals surface area contributed by atoms with Crippen molar-refractivity contribution >= 4 is 19.1 Å². The fraction of sp³-hybridized carbons (Fsp3) is 0. The molecule has 0 aliphatic carbocycles. The molecule has 1 heterocycles. The van der Waals surface area contributed by atoms with Gasteiger partial charge in [0.2, 0.25) is 0 Å². The average molecular weight is 513 g/mol. The second kappa shape index (κ2) is 11.3. The van der Waals surface area contributed by atoms with Crippen LogP contribution < -0.4 is 11.0 Å². The summed E-state index contributed by atoms with van der Waals surface area (Å²) in [5, 5.41) is 8.68. The van der Waals surface area contributed by atoms with Gasteiger partial charge in [0.05, 0.1) is 0 Å². The molecule has 0 aliphatic rings. The Morgan fingerprint density at radius 2 is 0.975 bits per heavy atom. The van der Waals surface area contributed by atoms with Crippen molar-refractivity contribution in [1.82, 2.24) is 4.98 Å². The molecule has 0 spiro atoms. The third-order valence-corrected chi connectivity index (χ3v) is 7.10. The normalized spacial score (nSPS) is 11.3. The van der Waals surface area contributed by atoms with Gasteiger partial charge in [0.1, 0.15) is 13.3 Å². The van der Waals surface area contributed by atoms with E-state index in [2.05, 4.69) is 108 Å². The SMILES string of the molecule is Bc1ccc(C(=N)/N=c2\[nH]cc(-c3ccc(-c4ccccc4)cc3)cc2-c2ccc(-c3ccccc3)cc2)cc1. The summed E-state index contributed by atoms with van der Waals surface area (Å²) in [7, 11) is 2.04. The second-order valence-corrected chi connectivity index (χ2v) is 9.86. The topological polar surface area (TPSA) is 52.0 Å². The van der Waals surface area contributed by atoms with Crippen molar-refractivity contribution in [2.75, 3.05) is 0 Å². The molecule has 0 fully saturated rings. The lowest BCUT2D eigenvalue weighted by Crippen LogP contribution is -2.15. The smallest absolute Gasteiger partial charge is 0.154 e. The molecule has 6 rings (SSSR count). The van der Waals surface area contributed by atoms with Gasteiger partial charge in [0, 0.05) is 17.3 Å². The van der Waals surface area contributed by atoms with E-state index in [1.54, 1.807) is 0 Å². The van der Waals surface area contributed by atoms with E-state index in [9.17, 15) is 0 Å². The van der Waals surface area contributed by atoms with Gasteiger partial charge in [-0.15, -0.1) is 0 Å². The Balaban J connectivity index is 1.41. The van der Waals surface area contributed by atoms with Gasteiger partial charge < -0.3 is 4.98 Å². The Morgan fingerprint density at radius 3 is 1.50 bits per heavy atom. The first kappa shape index (κ1) is 25.1. The highest BCUT2D eigenvalue weighted by Gasteiger charge is 2.09. The summed E-state index contributed by atoms with van der Waals surface area (Å²) >= 11 is 0. The highest BCUT2D eigenvalue weighted by atomic mass is 14.9. The van der Waals surface area contributed by atoms with E-state index in [0.29, 0.717) is 5.49 Å². The molecule has 0 radical (unpaired) electrons. The van der Waals surface area contributed by atoms with Crippen molar-refractivity contribution in [1.29, 1.82) is 5.41 Å². The molecule has 6 aromatic rings. The highest BCUT2D eigenvalue weighted by Crippen LogP contribution is 2.28. The summed E-state index contributed by atoms with van der Waals surface area (Å²) in [6.45, 7) is 0. The van der Waals surface area contributed by atoms with Gasteiger partial charge in [0.25, 0.3) is 0 Å². The first-order chi connectivity index (χ1) is 19.6. The molecule has 0 bridgehead atoms. The summed E-state index contributed by atoms with van der Waals surface area (Å²) in [6.07, 6.45) is 1.97. The molecule has 1 aromatic heterocycles. The Hall–Kier alpha value is -5.22. The zero-order chi connectivity index (χ0) is 27.3. The van der Waals surface area contributed by atoms with Crippen molar-refractivity contribution < 1.29 is 0 Å². The van der Waals surface area contributed by atoms with Crippen LogP contribution in [0.2, 0.25) is 0 Å². The molecule has 0 atom stereocenters. The van der Waals surface area contributed by atoms with Crippen LogP contribution in [0.1, 0.15) is 5.56 Å². The van der Waals surface area contributed by atoms with Crippen molar-refractivity contribution in [2.45, 2.75) is 0 Å². The number of nitrogens with one attached hydrogen (secondary N) is 2. The van der Waals surface area contributed by atoms with Gasteiger partial charge in [-0.05, 0) is 45.0 Å². The lowest BCUT2D eigenvalue weighted by atomic mass is 9.95. The van der Waals surface area contributed by atoms with Gasteiger partial charge in [-0.1, -0.05) is 139 Å². The zero-order valence-electron chi connectivity index (χ0n) is 22.3. The molecule has 0 amide bonds. The second-order valence-electron chi connectivity index (χ2n) is 9.86. The molecule has 0 saturated carbocycles. The maximum Gasteiger partial charge on any atom is 0.154 e. The van der Waals surface area contributed by atoms with Gasteiger partial charge in [-0.2, -0.15) is 0 Å². The average Bonchev–Trinajstić information content (AvgIpc) is 3.02. The number of rotatable bonds is 5. The summed E-state index contributed by atoms with van der Waals surface area (Å²) in [5.41, 5.74) is 11.5. The summed E-state index contributed by atoms with van der Waals surface area (Å²) in [6, 6.07) is 48.0. The van der Waals surface area contributed by atoms with Crippen LogP contribution in [-0.4, -0.2) is 18.7 Å². The number of aromatic amines is 1. The predicted octanol–water partition coefficient (Wildman–Crippen LogP) is 6.87. The van der Waals surface area contributed by atoms with Crippen molar-refractivity contribution in [3.05, 3.63) is 157 Å². The maximum atomic E-state index is 8.68. The molecular formula is C36H28BN3. The molecule has 4 heteroatoms. The quantitative estimate of drug-likeness (QED) is 0.144. The molecule has 3 nitrogen and oxygen atoms in total. The molecule has 0 aliphatic heterocycles. The summed E-state index contributed by atoms with van der Waals surface area (Å²) in [5.74, 6) is 0.221. The number of H-pyrrole nitrogens is 1. The van der Waals surface area contributed by atoms with E-state index in [1.165, 1.54) is 16.7 Å². The van der Waals surface area contributed by atoms with E-state index in [0.717, 1.165) is 38.8 Å². The van der Waals surface area contributed by atoms with Crippen LogP contribution in [-0.2, 0) is 0 Å². The lowest BCUT2D eigenvalue weighted by molar-refractivity contribution is 1.16. The molecule has 190 valence electrons. The largest absolute Gasteiger partial charge is 0.345 e. The molecule has 0 saturated heterocycles. The Bertz CT molecular complexity index is 1820. The molecule has 0 unspecified atom stereocenters. The van der Waals surface area contributed by atoms with E-state index in [1.807, 2.05) is 50.4 Å². The number of nitrogens with zero attached hydrogens (tertiary/aromatic N) is 1. The van der Waals surface area contributed by atoms with Crippen LogP contribution in [0.3, 0.4) is 0 Å². The van der Waals surface area contributed by atoms with Crippen LogP contribution >= 0.6 is 0 Å². The van der Waals surface area contributed by atoms with E-state index < -0.39 is 0 Å². The minimum Gasteiger partial charge on any atom is -0.345 e. The molecule has 5 aromatic carbocycles. The number of hydrogen-bond donors (Lipinski definition) is 2. The van der Waals surface area contributed by atoms with E-state index in [4.69, 9.17) is 10.4 Å². The van der Waals surface area contributed by atoms with Gasteiger partial charge >= 0.3 is 0 Å². The zero-order valence-corrected chi connectivity index (χ0v) is 22.3. The minimum atomic E-state index is 0.221. The standard InChI is InChI=1S/C36H28BN3/c37-33-21-19-31(20-22-33)35(38)40-36-34(30-17-15-28(16-18-30)26-9-5-2-6-10-26)23-32(24-39-36)29-13-11-27(12-14-29)25-7-3-1-4-8-25/h1-24H,37H2,(H2,38,39,40). The fourth-order valence-corrected chi connectivity index (χ4v) is 4.81. The summed E-state index contributed by atoms with van der Waals surface area (Å²) < 4.78 is 0. The number of hydrogen-bond acceptors (Lipinski definition) is 1. The van der Waals surface area contributed by atoms with Crippen molar-refractivity contribution in [3.8, 4) is 44.5 Å². The number of benzene rings is 5. The van der Waals surface area contributed by atoms with Crippen molar-refractivity contribution in [3.63, 3.8) is 0 Å². The van der Waals surface area contributed by atoms with Crippen LogP contribution in [0.4, 0.5) is 0 Å². The molecule has 40 heavy (non-hydrogen) atoms. The monoisotopic (exact) mass is 513 g/mol. The lowest BCUT2D eigenvalue weighted by Gasteiger charge is -2.10. The highest BCUT2D eigenvalue weighted by molar-refractivity contribution is 6.32. The van der Waals surface area contributed by atoms with E-state index in [-0.39, 0.29) is 5.84 Å². The van der Waals surface area contributed by atoms with Crippen molar-refractivity contribution in [2.24, 2.45) is 4.99 Å². The molecular weight excluding hydrogens is 485 g/mol. The molecule has 2 N–H and O–H groups in total. The minimum absolute atomic E-state index is 0.221. The Kier molecular flexibility index (Phi) is 7.06. The van der Waals surface area contributed by atoms with Gasteiger partial charge in [0.15, 0.2) is 5.84 Å². The number of amidine groups is 1. The first-order valence-electron chi connectivity index (χ1n) is 13.4. The van der Waals surface area contributed by atoms with Gasteiger partial charge in [-0.25, -0.2) is 4.99 Å². The fourth-order valence-electron chi connectivity index (χ4n) is 4.81. The summed E-state index contributed by atoms with van der Waals surface area (Å²) in [4.78, 5) is 8.13. The maximum absolute atomic E-state index is 8.68.